The summed E-state index contributed by atoms with van der Waals surface area (Å²) in [5.74, 6) is 0.583. The van der Waals surface area contributed by atoms with Gasteiger partial charge in [-0.05, 0) is 55.7 Å². The van der Waals surface area contributed by atoms with E-state index in [1.165, 1.54) is 0 Å². The first-order valence-electron chi connectivity index (χ1n) is 7.99. The molecule has 2 N–H and O–H groups in total. The fourth-order valence-corrected chi connectivity index (χ4v) is 2.88. The minimum absolute atomic E-state index is 0.00932. The maximum absolute atomic E-state index is 12.2. The van der Waals surface area contributed by atoms with Crippen LogP contribution in [0.1, 0.15) is 18.4 Å². The van der Waals surface area contributed by atoms with Crippen molar-refractivity contribution in [1.29, 1.82) is 0 Å². The van der Waals surface area contributed by atoms with Gasteiger partial charge in [-0.2, -0.15) is 0 Å². The van der Waals surface area contributed by atoms with Gasteiger partial charge < -0.3 is 15.4 Å². The van der Waals surface area contributed by atoms with E-state index in [0.29, 0.717) is 24.1 Å². The molecular formula is C18H20ClN3O2. The monoisotopic (exact) mass is 345 g/mol. The molecule has 0 saturated carbocycles. The number of halogens is 1. The van der Waals surface area contributed by atoms with Gasteiger partial charge in [-0.3, -0.25) is 4.79 Å². The zero-order valence-electron chi connectivity index (χ0n) is 13.5. The van der Waals surface area contributed by atoms with Gasteiger partial charge in [-0.15, -0.1) is 0 Å². The number of nitrogens with zero attached hydrogens (tertiary/aromatic N) is 1. The predicted molar refractivity (Wildman–Crippen MR) is 95.9 cm³/mol. The molecular weight excluding hydrogens is 326 g/mol. The van der Waals surface area contributed by atoms with E-state index in [9.17, 15) is 4.79 Å². The Morgan fingerprint density at radius 2 is 2.04 bits per heavy atom. The quantitative estimate of drug-likeness (QED) is 0.873. The van der Waals surface area contributed by atoms with Gasteiger partial charge in [0.2, 0.25) is 5.91 Å². The van der Waals surface area contributed by atoms with Crippen molar-refractivity contribution in [1.82, 2.24) is 4.98 Å². The van der Waals surface area contributed by atoms with Crippen molar-refractivity contribution in [2.45, 2.75) is 19.8 Å². The van der Waals surface area contributed by atoms with E-state index in [1.54, 1.807) is 12.3 Å². The Morgan fingerprint density at radius 3 is 2.71 bits per heavy atom. The number of benzene rings is 1. The maximum atomic E-state index is 12.2. The second-order valence-corrected chi connectivity index (χ2v) is 6.33. The molecule has 0 aliphatic carbocycles. The van der Waals surface area contributed by atoms with Crippen LogP contribution in [-0.2, 0) is 9.53 Å². The summed E-state index contributed by atoms with van der Waals surface area (Å²) in [5.41, 5.74) is 2.88. The van der Waals surface area contributed by atoms with Gasteiger partial charge in [-0.1, -0.05) is 11.6 Å². The molecule has 2 heterocycles. The largest absolute Gasteiger partial charge is 0.381 e. The average molecular weight is 346 g/mol. The highest BCUT2D eigenvalue weighted by Gasteiger charge is 2.21. The highest BCUT2D eigenvalue weighted by atomic mass is 35.5. The average Bonchev–Trinajstić information content (AvgIpc) is 2.60. The van der Waals surface area contributed by atoms with Crippen LogP contribution in [0.4, 0.5) is 17.2 Å². The lowest BCUT2D eigenvalue weighted by atomic mass is 9.99. The number of pyridine rings is 1. The normalized spacial score (nSPS) is 15.1. The Bertz CT molecular complexity index is 713. The summed E-state index contributed by atoms with van der Waals surface area (Å²) in [7, 11) is 0. The van der Waals surface area contributed by atoms with Gasteiger partial charge >= 0.3 is 0 Å². The molecule has 1 aromatic carbocycles. The van der Waals surface area contributed by atoms with Gasteiger partial charge in [0.05, 0.1) is 11.9 Å². The molecule has 5 nitrogen and oxygen atoms in total. The maximum Gasteiger partial charge on any atom is 0.228 e. The number of anilines is 3. The van der Waals surface area contributed by atoms with Crippen LogP contribution in [0.5, 0.6) is 0 Å². The molecule has 1 aromatic heterocycles. The molecule has 1 saturated heterocycles. The van der Waals surface area contributed by atoms with Gasteiger partial charge in [0.25, 0.3) is 0 Å². The molecule has 0 spiro atoms. The number of nitrogens with one attached hydrogen (secondary N) is 2. The first-order chi connectivity index (χ1) is 11.6. The third-order valence-electron chi connectivity index (χ3n) is 4.07. The van der Waals surface area contributed by atoms with E-state index in [0.717, 1.165) is 29.8 Å². The summed E-state index contributed by atoms with van der Waals surface area (Å²) in [4.78, 5) is 16.5. The van der Waals surface area contributed by atoms with Crippen LogP contribution < -0.4 is 10.6 Å². The number of hydrogen-bond donors (Lipinski definition) is 2. The summed E-state index contributed by atoms with van der Waals surface area (Å²) < 4.78 is 5.28. The molecule has 0 bridgehead atoms. The van der Waals surface area contributed by atoms with Crippen molar-refractivity contribution < 1.29 is 9.53 Å². The number of carbonyl (C=O) groups is 1. The topological polar surface area (TPSA) is 63.2 Å². The van der Waals surface area contributed by atoms with Crippen LogP contribution >= 0.6 is 11.6 Å². The molecule has 1 amide bonds. The Kier molecular flexibility index (Phi) is 5.33. The van der Waals surface area contributed by atoms with E-state index < -0.39 is 0 Å². The highest BCUT2D eigenvalue weighted by molar-refractivity contribution is 6.30. The summed E-state index contributed by atoms with van der Waals surface area (Å²) in [6.45, 7) is 3.29. The van der Waals surface area contributed by atoms with Crippen LogP contribution in [0.3, 0.4) is 0 Å². The minimum Gasteiger partial charge on any atom is -0.381 e. The number of amides is 1. The van der Waals surface area contributed by atoms with E-state index in [-0.39, 0.29) is 11.8 Å². The number of aryl methyl sites for hydroxylation is 1. The van der Waals surface area contributed by atoms with Crippen molar-refractivity contribution in [3.63, 3.8) is 0 Å². The van der Waals surface area contributed by atoms with Crippen LogP contribution in [0.25, 0.3) is 0 Å². The molecule has 0 radical (unpaired) electrons. The molecule has 1 fully saturated rings. The molecule has 2 aromatic rings. The summed E-state index contributed by atoms with van der Waals surface area (Å²) in [6, 6.07) is 9.36. The fourth-order valence-electron chi connectivity index (χ4n) is 2.65. The molecule has 0 atom stereocenters. The molecule has 0 unspecified atom stereocenters. The van der Waals surface area contributed by atoms with Gasteiger partial charge in [0, 0.05) is 29.8 Å². The van der Waals surface area contributed by atoms with Crippen LogP contribution in [-0.4, -0.2) is 24.1 Å². The zero-order valence-corrected chi connectivity index (χ0v) is 14.3. The SMILES string of the molecule is Cc1cc(Cl)ccc1Nc1ccc(NC(=O)C2CCOCC2)nc1. The van der Waals surface area contributed by atoms with Gasteiger partial charge in [-0.25, -0.2) is 4.98 Å². The minimum atomic E-state index is 0.00932. The number of rotatable bonds is 4. The first kappa shape index (κ1) is 16.7. The molecule has 1 aliphatic rings. The Morgan fingerprint density at radius 1 is 1.25 bits per heavy atom. The van der Waals surface area contributed by atoms with E-state index in [4.69, 9.17) is 16.3 Å². The van der Waals surface area contributed by atoms with E-state index in [2.05, 4.69) is 15.6 Å². The van der Waals surface area contributed by atoms with Gasteiger partial charge in [0.15, 0.2) is 0 Å². The van der Waals surface area contributed by atoms with E-state index in [1.807, 2.05) is 31.2 Å². The zero-order chi connectivity index (χ0) is 16.9. The van der Waals surface area contributed by atoms with Crippen molar-refractivity contribution in [2.24, 2.45) is 5.92 Å². The number of carbonyl (C=O) groups excluding carboxylic acids is 1. The lowest BCUT2D eigenvalue weighted by Crippen LogP contribution is -2.28. The molecule has 6 heteroatoms. The van der Waals surface area contributed by atoms with Gasteiger partial charge in [0.1, 0.15) is 5.82 Å². The van der Waals surface area contributed by atoms with Crippen molar-refractivity contribution >= 4 is 34.7 Å². The summed E-state index contributed by atoms with van der Waals surface area (Å²) >= 11 is 5.97. The lowest BCUT2D eigenvalue weighted by Gasteiger charge is -2.21. The molecule has 3 rings (SSSR count). The second kappa shape index (κ2) is 7.64. The van der Waals surface area contributed by atoms with E-state index >= 15 is 0 Å². The molecule has 24 heavy (non-hydrogen) atoms. The molecule has 126 valence electrons. The summed E-state index contributed by atoms with van der Waals surface area (Å²) in [6.07, 6.45) is 3.23. The summed E-state index contributed by atoms with van der Waals surface area (Å²) in [5, 5.41) is 6.87. The third kappa shape index (κ3) is 4.24. The fraction of sp³-hybridized carbons (Fsp3) is 0.333. The Hall–Kier alpha value is -2.11. The Balaban J connectivity index is 1.61. The second-order valence-electron chi connectivity index (χ2n) is 5.89. The smallest absolute Gasteiger partial charge is 0.228 e. The van der Waals surface area contributed by atoms with Crippen LogP contribution in [0, 0.1) is 12.8 Å². The predicted octanol–water partition coefficient (Wildman–Crippen LogP) is 4.15. The number of ether oxygens (including phenoxy) is 1. The van der Waals surface area contributed by atoms with Crippen LogP contribution in [0.15, 0.2) is 36.5 Å². The number of hydrogen-bond acceptors (Lipinski definition) is 4. The molecule has 1 aliphatic heterocycles. The van der Waals surface area contributed by atoms with Crippen molar-refractivity contribution in [3.05, 3.63) is 47.1 Å². The Labute approximate surface area is 146 Å². The van der Waals surface area contributed by atoms with Crippen molar-refractivity contribution in [2.75, 3.05) is 23.8 Å². The number of aromatic nitrogens is 1. The van der Waals surface area contributed by atoms with Crippen molar-refractivity contribution in [3.8, 4) is 0 Å². The third-order valence-corrected chi connectivity index (χ3v) is 4.31. The lowest BCUT2D eigenvalue weighted by molar-refractivity contribution is -0.122. The highest BCUT2D eigenvalue weighted by Crippen LogP contribution is 2.24. The first-order valence-corrected chi connectivity index (χ1v) is 8.37. The standard InChI is InChI=1S/C18H20ClN3O2/c1-12-10-14(19)2-4-16(12)21-15-3-5-17(20-11-15)22-18(23)13-6-8-24-9-7-13/h2-5,10-11,13,21H,6-9H2,1H3,(H,20,22,23). The van der Waals surface area contributed by atoms with Crippen LogP contribution in [0.2, 0.25) is 5.02 Å².